The van der Waals surface area contributed by atoms with E-state index in [0.29, 0.717) is 0 Å². The van der Waals surface area contributed by atoms with E-state index in [-0.39, 0.29) is 52.8 Å². The molecule has 4 rings (SSSR count). The fourth-order valence-electron chi connectivity index (χ4n) is 2.44. The van der Waals surface area contributed by atoms with Crippen molar-refractivity contribution in [3.05, 3.63) is 90.5 Å². The standard InChI is InChI=1S/C14H11N.C6H6.3C2H6.3K.H/c1-10-11-6-2-4-8-13(11)15-14-9-5-3-7-12(10)14;1-2-4-6-5-3-1;3*1-2;;;;/h2-9H,1H3;1-6H;3*1-2H3;;;;/q;;;;;;;+1;-1. The molecule has 148 valence electrons. The van der Waals surface area contributed by atoms with E-state index in [2.05, 4.69) is 48.3 Å². The van der Waals surface area contributed by atoms with Crippen LogP contribution in [0.5, 0.6) is 0 Å². The fourth-order valence-corrected chi connectivity index (χ4v) is 2.44. The number of nitrogens with zero attached hydrogens (tertiary/aromatic N) is 1. The molecular formula is C26H36K3N. The van der Waals surface area contributed by atoms with Crippen molar-refractivity contribution < 1.29 is 52.8 Å². The van der Waals surface area contributed by atoms with Gasteiger partial charge in [-0.25, -0.2) is 4.98 Å². The molecule has 3 aromatic carbocycles. The first-order valence-corrected chi connectivity index (χ1v) is 27.1. The molecule has 0 radical (unpaired) electrons. The van der Waals surface area contributed by atoms with Gasteiger partial charge in [0.1, 0.15) is 0 Å². The third-order valence-electron chi connectivity index (χ3n) is 3.52. The zero-order valence-electron chi connectivity index (χ0n) is 22.0. The van der Waals surface area contributed by atoms with Crippen molar-refractivity contribution in [1.82, 2.24) is 4.98 Å². The van der Waals surface area contributed by atoms with Crippen LogP contribution in [0.2, 0.25) is 0 Å². The first kappa shape index (κ1) is 36.8. The number of benzene rings is 3. The Morgan fingerprint density at radius 2 is 0.800 bits per heavy atom. The third kappa shape index (κ3) is 14.5. The molecule has 0 N–H and O–H groups in total. The van der Waals surface area contributed by atoms with Crippen molar-refractivity contribution in [2.45, 2.75) is 48.5 Å². The van der Waals surface area contributed by atoms with E-state index in [0.717, 1.165) is 11.0 Å². The minimum atomic E-state index is 0. The molecule has 1 nitrogen and oxygen atoms in total. The van der Waals surface area contributed by atoms with E-state index in [4.69, 9.17) is 0 Å². The van der Waals surface area contributed by atoms with Crippen LogP contribution in [0.4, 0.5) is 0 Å². The number of hydrogen-bond donors (Lipinski definition) is 0. The second-order valence-corrected chi connectivity index (χ2v) is 4.93. The van der Waals surface area contributed by atoms with Gasteiger partial charge in [0, 0.05) is 10.8 Å². The van der Waals surface area contributed by atoms with E-state index in [1.54, 1.807) is 0 Å². The summed E-state index contributed by atoms with van der Waals surface area (Å²) in [7, 11) is 0. The molecule has 1 aromatic heterocycles. The van der Waals surface area contributed by atoms with Crippen LogP contribution in [-0.2, 0) is 0 Å². The summed E-state index contributed by atoms with van der Waals surface area (Å²) in [6, 6.07) is 28.6. The van der Waals surface area contributed by atoms with Crippen molar-refractivity contribution >= 4 is 85.0 Å². The van der Waals surface area contributed by atoms with Gasteiger partial charge >= 0.3 is 115 Å². The zero-order valence-corrected chi connectivity index (χ0v) is 30.4. The van der Waals surface area contributed by atoms with Crippen molar-refractivity contribution in [3.63, 3.8) is 0 Å². The molecule has 0 bridgehead atoms. The second kappa shape index (κ2) is 27.5. The molecule has 0 unspecified atom stereocenters. The van der Waals surface area contributed by atoms with E-state index in [1.807, 2.05) is 90.1 Å². The molecule has 0 spiro atoms. The Bertz CT molecular complexity index is 791. The monoisotopic (exact) mass is 479 g/mol. The summed E-state index contributed by atoms with van der Waals surface area (Å²) < 4.78 is 0. The predicted molar refractivity (Wildman–Crippen MR) is 137 cm³/mol. The van der Waals surface area contributed by atoms with Crippen LogP contribution in [0, 0.1) is 6.92 Å². The van der Waals surface area contributed by atoms with Crippen molar-refractivity contribution in [1.29, 1.82) is 0 Å². The Hall–Kier alpha value is 2.24. The van der Waals surface area contributed by atoms with Gasteiger partial charge in [-0.1, -0.05) is 114 Å². The average molecular weight is 480 g/mol. The van der Waals surface area contributed by atoms with Crippen LogP contribution in [0.1, 0.15) is 48.5 Å². The van der Waals surface area contributed by atoms with Crippen molar-refractivity contribution in [2.24, 2.45) is 0 Å². The Balaban J connectivity index is -0.000000194. The molecule has 0 amide bonds. The fraction of sp³-hybridized carbons (Fsp3) is 0.269. The van der Waals surface area contributed by atoms with Crippen LogP contribution >= 0.6 is 0 Å². The minimum Gasteiger partial charge on any atom is -0.0623 e. The average Bonchev–Trinajstić information content (AvgIpc) is 2.86. The molecule has 0 atom stereocenters. The Labute approximate surface area is 274 Å². The van der Waals surface area contributed by atoms with E-state index in [9.17, 15) is 0 Å². The molecule has 4 heteroatoms. The SMILES string of the molecule is CC.CC.CC.Cc1c2ccccc2nc2ccccc12.[H-].[K+].[K][K].c1ccccc1. The maximum atomic E-state index is 4.64. The maximum absolute atomic E-state index is 4.64. The first-order valence-electron chi connectivity index (χ1n) is 11.1. The summed E-state index contributed by atoms with van der Waals surface area (Å²) in [5, 5.41) is 2.49. The van der Waals surface area contributed by atoms with Gasteiger partial charge in [0.25, 0.3) is 0 Å². The van der Waals surface area contributed by atoms with Gasteiger partial charge in [0.05, 0.1) is 11.0 Å². The molecule has 0 aliphatic heterocycles. The van der Waals surface area contributed by atoms with Crippen LogP contribution in [-0.4, -0.2) is 68.1 Å². The third-order valence-corrected chi connectivity index (χ3v) is 3.52. The van der Waals surface area contributed by atoms with E-state index in [1.165, 1.54) is 79.5 Å². The summed E-state index contributed by atoms with van der Waals surface area (Å²) in [5.41, 5.74) is 3.47. The summed E-state index contributed by atoms with van der Waals surface area (Å²) in [6.07, 6.45) is 0. The maximum Gasteiger partial charge on any atom is -0.0623 e. The number of para-hydroxylation sites is 2. The molecule has 0 aliphatic carbocycles. The molecule has 0 fully saturated rings. The topological polar surface area (TPSA) is 12.9 Å². The number of aryl methyl sites for hydroxylation is 1. The molecule has 0 saturated carbocycles. The number of hydrogen-bond acceptors (Lipinski definition) is 1. The van der Waals surface area contributed by atoms with E-state index >= 15 is 0 Å². The summed E-state index contributed by atoms with van der Waals surface area (Å²) in [4.78, 5) is 4.64. The second-order valence-electron chi connectivity index (χ2n) is 4.93. The number of aromatic nitrogens is 1. The van der Waals surface area contributed by atoms with Gasteiger partial charge < -0.3 is 1.43 Å². The number of pyridine rings is 1. The van der Waals surface area contributed by atoms with Gasteiger partial charge in [-0.15, -0.1) is 0 Å². The Morgan fingerprint density at radius 1 is 0.533 bits per heavy atom. The normalized spacial score (nSPS) is 7.97. The van der Waals surface area contributed by atoms with Gasteiger partial charge in [0.15, 0.2) is 0 Å². The number of rotatable bonds is 0. The summed E-state index contributed by atoms with van der Waals surface area (Å²) in [5.74, 6) is 0. The van der Waals surface area contributed by atoms with Gasteiger partial charge in [0.2, 0.25) is 0 Å². The molecular weight excluding hydrogens is 444 g/mol. The van der Waals surface area contributed by atoms with Gasteiger partial charge in [-0.05, 0) is 24.6 Å². The van der Waals surface area contributed by atoms with Crippen LogP contribution in [0.3, 0.4) is 0 Å². The molecule has 0 aliphatic rings. The summed E-state index contributed by atoms with van der Waals surface area (Å²) >= 11 is 2.50. The van der Waals surface area contributed by atoms with Crippen LogP contribution < -0.4 is 51.4 Å². The first-order chi connectivity index (χ1) is 14.4. The minimum absolute atomic E-state index is 0. The molecule has 0 saturated heterocycles. The Morgan fingerprint density at radius 3 is 1.10 bits per heavy atom. The molecule has 1 heterocycles. The predicted octanol–water partition coefficient (Wildman–Crippen LogP) is 4.82. The van der Waals surface area contributed by atoms with E-state index < -0.39 is 0 Å². The number of fused-ring (bicyclic) bond motifs is 2. The zero-order chi connectivity index (χ0) is 22.5. The largest absolute Gasteiger partial charge is 0.0623 e. The molecule has 30 heavy (non-hydrogen) atoms. The van der Waals surface area contributed by atoms with Gasteiger partial charge in [-0.3, -0.25) is 0 Å². The molecule has 4 aromatic rings. The summed E-state index contributed by atoms with van der Waals surface area (Å²) in [6.45, 7) is 14.2. The van der Waals surface area contributed by atoms with Crippen LogP contribution in [0.15, 0.2) is 84.9 Å². The van der Waals surface area contributed by atoms with Crippen molar-refractivity contribution in [2.75, 3.05) is 0 Å². The van der Waals surface area contributed by atoms with Gasteiger partial charge in [-0.2, -0.15) is 0 Å². The quantitative estimate of drug-likeness (QED) is 0.260. The Kier molecular flexibility index (Phi) is 33.7. The van der Waals surface area contributed by atoms with Crippen LogP contribution in [0.25, 0.3) is 21.8 Å². The smallest absolute Gasteiger partial charge is 0.0623 e. The van der Waals surface area contributed by atoms with Crippen molar-refractivity contribution in [3.8, 4) is 0 Å².